The highest BCUT2D eigenvalue weighted by molar-refractivity contribution is 6.30. The molecule has 17 heavy (non-hydrogen) atoms. The van der Waals surface area contributed by atoms with E-state index in [2.05, 4.69) is 28.0 Å². The van der Waals surface area contributed by atoms with Crippen molar-refractivity contribution < 1.29 is 0 Å². The lowest BCUT2D eigenvalue weighted by Crippen LogP contribution is -2.29. The molecule has 90 valence electrons. The lowest BCUT2D eigenvalue weighted by Gasteiger charge is -2.31. The van der Waals surface area contributed by atoms with Crippen molar-refractivity contribution in [3.63, 3.8) is 0 Å². The summed E-state index contributed by atoms with van der Waals surface area (Å²) < 4.78 is 0. The Morgan fingerprint density at radius 3 is 3.12 bits per heavy atom. The summed E-state index contributed by atoms with van der Waals surface area (Å²) >= 11 is 5.90. The van der Waals surface area contributed by atoms with Crippen LogP contribution in [0.1, 0.15) is 31.0 Å². The van der Waals surface area contributed by atoms with Crippen molar-refractivity contribution in [3.8, 4) is 0 Å². The lowest BCUT2D eigenvalue weighted by molar-refractivity contribution is 0.184. The minimum absolute atomic E-state index is 0.509. The van der Waals surface area contributed by atoms with Crippen molar-refractivity contribution in [2.45, 2.75) is 25.3 Å². The smallest absolute Gasteiger partial charge is 0.131 e. The summed E-state index contributed by atoms with van der Waals surface area (Å²) in [6.07, 6.45) is 5.68. The monoisotopic (exact) mass is 249 g/mol. The first-order valence-electron chi connectivity index (χ1n) is 6.08. The van der Waals surface area contributed by atoms with Gasteiger partial charge in [-0.05, 0) is 38.6 Å². The van der Waals surface area contributed by atoms with Crippen LogP contribution in [-0.4, -0.2) is 28.5 Å². The van der Waals surface area contributed by atoms with Crippen LogP contribution in [-0.2, 0) is 0 Å². The van der Waals surface area contributed by atoms with Gasteiger partial charge in [0.05, 0.1) is 5.52 Å². The summed E-state index contributed by atoms with van der Waals surface area (Å²) in [7, 11) is 2.20. The van der Waals surface area contributed by atoms with Gasteiger partial charge in [0.25, 0.3) is 0 Å². The van der Waals surface area contributed by atoms with Crippen molar-refractivity contribution in [3.05, 3.63) is 29.2 Å². The van der Waals surface area contributed by atoms with Crippen LogP contribution in [0.2, 0.25) is 5.15 Å². The van der Waals surface area contributed by atoms with Crippen molar-refractivity contribution in [2.24, 2.45) is 0 Å². The number of hydrogen-bond acceptors (Lipinski definition) is 2. The topological polar surface area (TPSA) is 31.9 Å². The molecule has 1 fully saturated rings. The maximum atomic E-state index is 5.90. The van der Waals surface area contributed by atoms with E-state index in [0.717, 1.165) is 10.9 Å². The summed E-state index contributed by atoms with van der Waals surface area (Å²) in [5.41, 5.74) is 2.37. The van der Waals surface area contributed by atoms with Crippen LogP contribution >= 0.6 is 11.6 Å². The second kappa shape index (κ2) is 4.31. The zero-order valence-electron chi connectivity index (χ0n) is 9.91. The molecule has 1 aliphatic heterocycles. The van der Waals surface area contributed by atoms with Crippen LogP contribution in [0.5, 0.6) is 0 Å². The maximum Gasteiger partial charge on any atom is 0.131 e. The molecule has 1 saturated heterocycles. The molecule has 0 unspecified atom stereocenters. The third-order valence-electron chi connectivity index (χ3n) is 3.62. The van der Waals surface area contributed by atoms with E-state index in [1.54, 1.807) is 0 Å². The molecule has 0 spiro atoms. The molecule has 3 nitrogen and oxygen atoms in total. The van der Waals surface area contributed by atoms with Crippen molar-refractivity contribution >= 4 is 22.5 Å². The number of rotatable bonds is 1. The zero-order chi connectivity index (χ0) is 11.8. The lowest BCUT2D eigenvalue weighted by atomic mass is 10.0. The molecule has 0 amide bonds. The first-order valence-corrected chi connectivity index (χ1v) is 6.46. The largest absolute Gasteiger partial charge is 0.357 e. The number of halogens is 1. The number of likely N-dealkylation sites (tertiary alicyclic amines) is 1. The zero-order valence-corrected chi connectivity index (χ0v) is 10.7. The Labute approximate surface area is 106 Å². The van der Waals surface area contributed by atoms with E-state index in [4.69, 9.17) is 11.6 Å². The van der Waals surface area contributed by atoms with Crippen molar-refractivity contribution in [1.82, 2.24) is 14.9 Å². The Hall–Kier alpha value is -1.06. The van der Waals surface area contributed by atoms with Crippen LogP contribution in [0, 0.1) is 0 Å². The standard InChI is InChI=1S/C13H16ClN3/c1-17-5-3-2-4-12(17)11-6-9-8-15-13(14)7-10(9)16-11/h6-8,12,16H,2-5H2,1H3/t12-/m1/s1. The molecule has 4 heteroatoms. The number of pyridine rings is 1. The molecule has 0 aromatic carbocycles. The molecule has 0 saturated carbocycles. The van der Waals surface area contributed by atoms with Gasteiger partial charge in [-0.2, -0.15) is 0 Å². The molecule has 2 aromatic rings. The molecule has 0 bridgehead atoms. The average Bonchev–Trinajstić information content (AvgIpc) is 2.72. The fourth-order valence-electron chi connectivity index (χ4n) is 2.67. The second-order valence-electron chi connectivity index (χ2n) is 4.81. The molecule has 3 heterocycles. The van der Waals surface area contributed by atoms with E-state index in [9.17, 15) is 0 Å². The Morgan fingerprint density at radius 2 is 2.29 bits per heavy atom. The Bertz CT molecular complexity index is 534. The van der Waals surface area contributed by atoms with Gasteiger partial charge in [-0.15, -0.1) is 0 Å². The van der Waals surface area contributed by atoms with Crippen LogP contribution < -0.4 is 0 Å². The predicted molar refractivity (Wildman–Crippen MR) is 70.3 cm³/mol. The van der Waals surface area contributed by atoms with E-state index in [-0.39, 0.29) is 0 Å². The highest BCUT2D eigenvalue weighted by Crippen LogP contribution is 2.31. The Balaban J connectivity index is 1.99. The second-order valence-corrected chi connectivity index (χ2v) is 5.20. The third kappa shape index (κ3) is 2.05. The maximum absolute atomic E-state index is 5.90. The van der Waals surface area contributed by atoms with Gasteiger partial charge in [0.1, 0.15) is 5.15 Å². The SMILES string of the molecule is CN1CCCC[C@@H]1c1cc2cnc(Cl)cc2[nH]1. The van der Waals surface area contributed by atoms with E-state index in [0.29, 0.717) is 11.2 Å². The van der Waals surface area contributed by atoms with Gasteiger partial charge in [0.15, 0.2) is 0 Å². The fraction of sp³-hybridized carbons (Fsp3) is 0.462. The van der Waals surface area contributed by atoms with Gasteiger partial charge in [0, 0.05) is 23.3 Å². The summed E-state index contributed by atoms with van der Waals surface area (Å²) in [5, 5.41) is 1.69. The molecule has 3 rings (SSSR count). The number of fused-ring (bicyclic) bond motifs is 1. The average molecular weight is 250 g/mol. The molecular formula is C13H16ClN3. The number of nitrogens with zero attached hydrogens (tertiary/aromatic N) is 2. The minimum Gasteiger partial charge on any atom is -0.357 e. The minimum atomic E-state index is 0.509. The summed E-state index contributed by atoms with van der Waals surface area (Å²) in [4.78, 5) is 10.0. The van der Waals surface area contributed by atoms with Crippen LogP contribution in [0.4, 0.5) is 0 Å². The van der Waals surface area contributed by atoms with Gasteiger partial charge < -0.3 is 4.98 Å². The summed E-state index contributed by atoms with van der Waals surface area (Å²) in [5.74, 6) is 0. The number of nitrogens with one attached hydrogen (secondary N) is 1. The van der Waals surface area contributed by atoms with Crippen LogP contribution in [0.25, 0.3) is 10.9 Å². The molecule has 1 atom stereocenters. The quantitative estimate of drug-likeness (QED) is 0.786. The highest BCUT2D eigenvalue weighted by atomic mass is 35.5. The molecule has 0 radical (unpaired) electrons. The summed E-state index contributed by atoms with van der Waals surface area (Å²) in [6.45, 7) is 1.18. The van der Waals surface area contributed by atoms with E-state index >= 15 is 0 Å². The van der Waals surface area contributed by atoms with Gasteiger partial charge >= 0.3 is 0 Å². The Morgan fingerprint density at radius 1 is 1.41 bits per heavy atom. The number of aromatic nitrogens is 2. The predicted octanol–water partition coefficient (Wildman–Crippen LogP) is 3.37. The van der Waals surface area contributed by atoms with Crippen LogP contribution in [0.3, 0.4) is 0 Å². The van der Waals surface area contributed by atoms with Crippen molar-refractivity contribution in [1.29, 1.82) is 0 Å². The number of aromatic amines is 1. The third-order valence-corrected chi connectivity index (χ3v) is 3.83. The highest BCUT2D eigenvalue weighted by Gasteiger charge is 2.22. The Kier molecular flexibility index (Phi) is 2.81. The molecule has 2 aromatic heterocycles. The van der Waals surface area contributed by atoms with E-state index in [1.165, 1.54) is 31.5 Å². The van der Waals surface area contributed by atoms with E-state index < -0.39 is 0 Å². The van der Waals surface area contributed by atoms with Gasteiger partial charge in [0.2, 0.25) is 0 Å². The molecule has 1 N–H and O–H groups in total. The molecule has 1 aliphatic rings. The van der Waals surface area contributed by atoms with Gasteiger partial charge in [-0.3, -0.25) is 4.90 Å². The van der Waals surface area contributed by atoms with E-state index in [1.807, 2.05) is 12.3 Å². The van der Waals surface area contributed by atoms with Crippen LogP contribution in [0.15, 0.2) is 18.3 Å². The first-order chi connectivity index (χ1) is 8.24. The fourth-order valence-corrected chi connectivity index (χ4v) is 2.83. The van der Waals surface area contributed by atoms with Crippen molar-refractivity contribution in [2.75, 3.05) is 13.6 Å². The summed E-state index contributed by atoms with van der Waals surface area (Å²) in [6, 6.07) is 4.60. The first kappa shape index (κ1) is 11.1. The van der Waals surface area contributed by atoms with Gasteiger partial charge in [-0.1, -0.05) is 18.0 Å². The normalized spacial score (nSPS) is 22.1. The number of piperidine rings is 1. The molecule has 0 aliphatic carbocycles. The number of H-pyrrole nitrogens is 1. The molecular weight excluding hydrogens is 234 g/mol. The van der Waals surface area contributed by atoms with Gasteiger partial charge in [-0.25, -0.2) is 4.98 Å². The number of hydrogen-bond donors (Lipinski definition) is 1.